The summed E-state index contributed by atoms with van der Waals surface area (Å²) in [5, 5.41) is 13.4. The number of hydrogen-bond donors (Lipinski definition) is 2. The summed E-state index contributed by atoms with van der Waals surface area (Å²) in [5.41, 5.74) is -0.465. The minimum atomic E-state index is -1.36. The van der Waals surface area contributed by atoms with Crippen molar-refractivity contribution in [3.05, 3.63) is 36.0 Å². The van der Waals surface area contributed by atoms with Crippen molar-refractivity contribution in [3.8, 4) is 0 Å². The van der Waals surface area contributed by atoms with Crippen LogP contribution in [0.1, 0.15) is 26.7 Å². The van der Waals surface area contributed by atoms with Gasteiger partial charge in [0, 0.05) is 23.5 Å². The molecule has 2 aliphatic rings. The minimum absolute atomic E-state index is 0.253. The lowest BCUT2D eigenvalue weighted by atomic mass is 9.61. The van der Waals surface area contributed by atoms with Gasteiger partial charge >= 0.3 is 5.97 Å². The SMILES string of the molecule is C=C[C@]1(C)C[C@]2(O)NC(=O)C(C)=C2CC1C(=C)C(=O)OC. The Labute approximate surface area is 124 Å². The number of ether oxygens (including phenoxy) is 1. The fraction of sp³-hybridized carbons (Fsp3) is 0.500. The van der Waals surface area contributed by atoms with Gasteiger partial charge in [0.25, 0.3) is 0 Å². The lowest BCUT2D eigenvalue weighted by Crippen LogP contribution is -2.53. The van der Waals surface area contributed by atoms with Crippen LogP contribution in [0, 0.1) is 11.3 Å². The number of allylic oxidation sites excluding steroid dienone is 1. The van der Waals surface area contributed by atoms with Crippen LogP contribution in [0.5, 0.6) is 0 Å². The summed E-state index contributed by atoms with van der Waals surface area (Å²) in [6.07, 6.45) is 2.33. The van der Waals surface area contributed by atoms with E-state index < -0.39 is 17.1 Å². The summed E-state index contributed by atoms with van der Waals surface area (Å²) in [4.78, 5) is 23.7. The normalized spacial score (nSPS) is 35.0. The summed E-state index contributed by atoms with van der Waals surface area (Å²) in [5.74, 6) is -1.02. The highest BCUT2D eigenvalue weighted by Gasteiger charge is 2.54. The van der Waals surface area contributed by atoms with Gasteiger partial charge in [-0.3, -0.25) is 4.79 Å². The highest BCUT2D eigenvalue weighted by Crippen LogP contribution is 2.52. The van der Waals surface area contributed by atoms with E-state index in [0.717, 1.165) is 0 Å². The molecule has 5 heteroatoms. The van der Waals surface area contributed by atoms with Crippen LogP contribution in [0.4, 0.5) is 0 Å². The van der Waals surface area contributed by atoms with Crippen LogP contribution in [0.15, 0.2) is 36.0 Å². The Morgan fingerprint density at radius 3 is 2.71 bits per heavy atom. The Morgan fingerprint density at radius 1 is 1.57 bits per heavy atom. The van der Waals surface area contributed by atoms with Gasteiger partial charge in [0.1, 0.15) is 0 Å². The zero-order valence-electron chi connectivity index (χ0n) is 12.7. The number of carbonyl (C=O) groups excluding carboxylic acids is 2. The molecule has 1 aliphatic heterocycles. The summed E-state index contributed by atoms with van der Waals surface area (Å²) < 4.78 is 4.75. The predicted molar refractivity (Wildman–Crippen MR) is 78.0 cm³/mol. The van der Waals surface area contributed by atoms with Crippen molar-refractivity contribution in [2.45, 2.75) is 32.4 Å². The van der Waals surface area contributed by atoms with Crippen molar-refractivity contribution in [3.63, 3.8) is 0 Å². The molecule has 114 valence electrons. The molecule has 1 aliphatic carbocycles. The largest absolute Gasteiger partial charge is 0.466 e. The number of methoxy groups -OCH3 is 1. The van der Waals surface area contributed by atoms with Crippen molar-refractivity contribution < 1.29 is 19.4 Å². The first-order valence-electron chi connectivity index (χ1n) is 6.84. The van der Waals surface area contributed by atoms with Crippen LogP contribution in [-0.2, 0) is 14.3 Å². The van der Waals surface area contributed by atoms with Gasteiger partial charge in [0.15, 0.2) is 5.72 Å². The fourth-order valence-corrected chi connectivity index (χ4v) is 3.40. The van der Waals surface area contributed by atoms with Crippen molar-refractivity contribution in [1.82, 2.24) is 5.32 Å². The lowest BCUT2D eigenvalue weighted by Gasteiger charge is -2.47. The average molecular weight is 291 g/mol. The van der Waals surface area contributed by atoms with Crippen LogP contribution in [0.3, 0.4) is 0 Å². The second-order valence-electron chi connectivity index (χ2n) is 6.08. The molecule has 21 heavy (non-hydrogen) atoms. The molecule has 0 aromatic carbocycles. The van der Waals surface area contributed by atoms with Gasteiger partial charge in [-0.05, 0) is 24.3 Å². The minimum Gasteiger partial charge on any atom is -0.466 e. The first kappa shape index (κ1) is 15.5. The summed E-state index contributed by atoms with van der Waals surface area (Å²) in [6.45, 7) is 11.2. The Hall–Kier alpha value is -1.88. The van der Waals surface area contributed by atoms with Gasteiger partial charge in [-0.15, -0.1) is 6.58 Å². The first-order chi connectivity index (χ1) is 9.68. The van der Waals surface area contributed by atoms with Gasteiger partial charge in [-0.25, -0.2) is 4.79 Å². The number of carbonyl (C=O) groups is 2. The van der Waals surface area contributed by atoms with Gasteiger partial charge in [0.05, 0.1) is 7.11 Å². The molecule has 0 spiro atoms. The van der Waals surface area contributed by atoms with E-state index in [1.807, 2.05) is 6.92 Å². The number of aliphatic hydroxyl groups is 1. The molecular weight excluding hydrogens is 270 g/mol. The van der Waals surface area contributed by atoms with Crippen LogP contribution < -0.4 is 5.32 Å². The van der Waals surface area contributed by atoms with Crippen molar-refractivity contribution >= 4 is 11.9 Å². The first-order valence-corrected chi connectivity index (χ1v) is 6.84. The maximum absolute atomic E-state index is 11.8. The van der Waals surface area contributed by atoms with Gasteiger partial charge in [-0.1, -0.05) is 19.6 Å². The molecule has 2 N–H and O–H groups in total. The number of amides is 1. The molecular formula is C16H21NO4. The van der Waals surface area contributed by atoms with E-state index in [1.165, 1.54) is 7.11 Å². The molecule has 0 aromatic heterocycles. The molecule has 0 aromatic rings. The molecule has 1 unspecified atom stereocenters. The van der Waals surface area contributed by atoms with E-state index in [0.29, 0.717) is 23.1 Å². The van der Waals surface area contributed by atoms with Crippen LogP contribution in [0.25, 0.3) is 0 Å². The Kier molecular flexibility index (Phi) is 3.58. The smallest absolute Gasteiger partial charge is 0.333 e. The van der Waals surface area contributed by atoms with E-state index in [4.69, 9.17) is 4.74 Å². The number of esters is 1. The summed E-state index contributed by atoms with van der Waals surface area (Å²) in [6, 6.07) is 0. The number of nitrogens with one attached hydrogen (secondary N) is 1. The second kappa shape index (κ2) is 4.84. The topological polar surface area (TPSA) is 75.6 Å². The van der Waals surface area contributed by atoms with Gasteiger partial charge in [0.2, 0.25) is 5.91 Å². The lowest BCUT2D eigenvalue weighted by molar-refractivity contribution is -0.138. The Balaban J connectivity index is 2.47. The molecule has 2 rings (SSSR count). The zero-order valence-corrected chi connectivity index (χ0v) is 12.7. The predicted octanol–water partition coefficient (Wildman–Crippen LogP) is 1.45. The second-order valence-corrected chi connectivity index (χ2v) is 6.08. The number of hydrogen-bond acceptors (Lipinski definition) is 4. The quantitative estimate of drug-likeness (QED) is 0.469. The van der Waals surface area contributed by atoms with Crippen LogP contribution in [-0.4, -0.2) is 29.8 Å². The number of fused-ring (bicyclic) bond motifs is 1. The van der Waals surface area contributed by atoms with Gasteiger partial charge in [-0.2, -0.15) is 0 Å². The molecule has 1 heterocycles. The maximum Gasteiger partial charge on any atom is 0.333 e. The van der Waals surface area contributed by atoms with E-state index in [2.05, 4.69) is 18.5 Å². The molecule has 3 atom stereocenters. The molecule has 5 nitrogen and oxygen atoms in total. The highest BCUT2D eigenvalue weighted by atomic mass is 16.5. The zero-order chi connectivity index (χ0) is 16.0. The van der Waals surface area contributed by atoms with Crippen molar-refractivity contribution in [2.75, 3.05) is 7.11 Å². The van der Waals surface area contributed by atoms with Gasteiger partial charge < -0.3 is 15.2 Å². The molecule has 1 amide bonds. The molecule has 0 bridgehead atoms. The van der Waals surface area contributed by atoms with E-state index >= 15 is 0 Å². The van der Waals surface area contributed by atoms with E-state index in [-0.39, 0.29) is 18.2 Å². The highest BCUT2D eigenvalue weighted by molar-refractivity contribution is 5.98. The standard InChI is InChI=1S/C16H21NO4/c1-6-15(4)8-16(20)12(9(2)13(18)17-16)7-11(15)10(3)14(19)21-5/h6,11,20H,1,3,7-8H2,2,4-5H3,(H,17,18)/t11?,15-,16-/m1/s1. The fourth-order valence-electron chi connectivity index (χ4n) is 3.40. The third-order valence-electron chi connectivity index (χ3n) is 4.79. The third-order valence-corrected chi connectivity index (χ3v) is 4.79. The molecule has 1 saturated carbocycles. The van der Waals surface area contributed by atoms with Crippen LogP contribution in [0.2, 0.25) is 0 Å². The molecule has 0 saturated heterocycles. The molecule has 1 fully saturated rings. The summed E-state index contributed by atoms with van der Waals surface area (Å²) in [7, 11) is 1.31. The average Bonchev–Trinajstić information content (AvgIpc) is 2.65. The Bertz CT molecular complexity index is 577. The third kappa shape index (κ3) is 2.21. The number of rotatable bonds is 3. The van der Waals surface area contributed by atoms with E-state index in [9.17, 15) is 14.7 Å². The van der Waals surface area contributed by atoms with Crippen molar-refractivity contribution in [1.29, 1.82) is 0 Å². The van der Waals surface area contributed by atoms with E-state index in [1.54, 1.807) is 13.0 Å². The monoisotopic (exact) mass is 291 g/mol. The van der Waals surface area contributed by atoms with Crippen molar-refractivity contribution in [2.24, 2.45) is 11.3 Å². The maximum atomic E-state index is 11.8. The Morgan fingerprint density at radius 2 is 2.19 bits per heavy atom. The summed E-state index contributed by atoms with van der Waals surface area (Å²) >= 11 is 0. The molecule has 0 radical (unpaired) electrons. The van der Waals surface area contributed by atoms with Crippen LogP contribution >= 0.6 is 0 Å².